The molecule has 2 heterocycles. The predicted molar refractivity (Wildman–Crippen MR) is 80.1 cm³/mol. The summed E-state index contributed by atoms with van der Waals surface area (Å²) in [6.45, 7) is 13.3. The second kappa shape index (κ2) is 8.89. The summed E-state index contributed by atoms with van der Waals surface area (Å²) in [5.74, 6) is 0.963. The van der Waals surface area contributed by atoms with Crippen LogP contribution in [0.3, 0.4) is 0 Å². The molecule has 0 saturated carbocycles. The van der Waals surface area contributed by atoms with E-state index < -0.39 is 0 Å². The van der Waals surface area contributed by atoms with E-state index in [4.69, 9.17) is 0 Å². The Bertz CT molecular complexity index is 172. The van der Waals surface area contributed by atoms with Gasteiger partial charge in [-0.1, -0.05) is 20.3 Å². The molecule has 2 aliphatic rings. The van der Waals surface area contributed by atoms with Gasteiger partial charge in [-0.25, -0.2) is 0 Å². The normalized spacial score (nSPS) is 24.7. The standard InChI is InChI=1S/C12H25N3.C3H8/c1-13-5-3-12(4-6-13)11-15-9-7-14(2)8-10-15;1-3-2/h12H,3-11H2,1-2H3;3H2,1-2H3. The van der Waals surface area contributed by atoms with Gasteiger partial charge in [0.05, 0.1) is 0 Å². The van der Waals surface area contributed by atoms with E-state index in [-0.39, 0.29) is 0 Å². The van der Waals surface area contributed by atoms with Gasteiger partial charge < -0.3 is 14.7 Å². The zero-order valence-corrected chi connectivity index (χ0v) is 13.0. The van der Waals surface area contributed by atoms with Gasteiger partial charge in [-0.3, -0.25) is 0 Å². The first-order valence-corrected chi connectivity index (χ1v) is 7.75. The molecule has 2 rings (SSSR count). The molecular weight excluding hydrogens is 222 g/mol. The highest BCUT2D eigenvalue weighted by Crippen LogP contribution is 2.17. The van der Waals surface area contributed by atoms with Crippen molar-refractivity contribution in [1.82, 2.24) is 14.7 Å². The van der Waals surface area contributed by atoms with Crippen LogP contribution < -0.4 is 0 Å². The molecule has 0 aliphatic carbocycles. The van der Waals surface area contributed by atoms with Crippen LogP contribution in [0.15, 0.2) is 0 Å². The lowest BCUT2D eigenvalue weighted by molar-refractivity contribution is 0.112. The molecule has 0 radical (unpaired) electrons. The second-order valence-electron chi connectivity index (χ2n) is 6.06. The second-order valence-corrected chi connectivity index (χ2v) is 6.06. The highest BCUT2D eigenvalue weighted by Gasteiger charge is 2.21. The third kappa shape index (κ3) is 6.17. The Hall–Kier alpha value is -0.120. The molecule has 0 amide bonds. The van der Waals surface area contributed by atoms with E-state index in [2.05, 4.69) is 42.6 Å². The van der Waals surface area contributed by atoms with Crippen LogP contribution >= 0.6 is 0 Å². The highest BCUT2D eigenvalue weighted by molar-refractivity contribution is 4.76. The van der Waals surface area contributed by atoms with Crippen molar-refractivity contribution in [2.24, 2.45) is 5.92 Å². The van der Waals surface area contributed by atoms with Crippen molar-refractivity contribution < 1.29 is 0 Å². The average molecular weight is 255 g/mol. The summed E-state index contributed by atoms with van der Waals surface area (Å²) in [6.07, 6.45) is 4.06. The molecule has 0 N–H and O–H groups in total. The number of piperidine rings is 1. The third-order valence-electron chi connectivity index (χ3n) is 3.95. The van der Waals surface area contributed by atoms with E-state index in [9.17, 15) is 0 Å². The maximum atomic E-state index is 2.66. The van der Waals surface area contributed by atoms with E-state index in [1.54, 1.807) is 0 Å². The number of hydrogen-bond acceptors (Lipinski definition) is 3. The van der Waals surface area contributed by atoms with Crippen LogP contribution in [0.5, 0.6) is 0 Å². The molecule has 108 valence electrons. The number of hydrogen-bond donors (Lipinski definition) is 0. The van der Waals surface area contributed by atoms with Crippen LogP contribution in [0.4, 0.5) is 0 Å². The van der Waals surface area contributed by atoms with Gasteiger partial charge in [-0.15, -0.1) is 0 Å². The summed E-state index contributed by atoms with van der Waals surface area (Å²) in [5.41, 5.74) is 0. The van der Waals surface area contributed by atoms with Gasteiger partial charge in [0.15, 0.2) is 0 Å². The lowest BCUT2D eigenvalue weighted by Crippen LogP contribution is -2.47. The van der Waals surface area contributed by atoms with Gasteiger partial charge in [-0.05, 0) is 45.9 Å². The van der Waals surface area contributed by atoms with Crippen molar-refractivity contribution in [2.75, 3.05) is 59.9 Å². The van der Waals surface area contributed by atoms with Crippen molar-refractivity contribution in [3.05, 3.63) is 0 Å². The lowest BCUT2D eigenvalue weighted by atomic mass is 9.96. The van der Waals surface area contributed by atoms with Crippen molar-refractivity contribution in [1.29, 1.82) is 0 Å². The Labute approximate surface area is 114 Å². The number of nitrogens with zero attached hydrogens (tertiary/aromatic N) is 3. The maximum absolute atomic E-state index is 2.66. The molecule has 0 aromatic heterocycles. The molecule has 2 saturated heterocycles. The minimum atomic E-state index is 0.963. The van der Waals surface area contributed by atoms with Crippen LogP contribution in [0, 0.1) is 5.92 Å². The van der Waals surface area contributed by atoms with Crippen LogP contribution in [-0.4, -0.2) is 74.6 Å². The Kier molecular flexibility index (Phi) is 7.87. The van der Waals surface area contributed by atoms with Crippen molar-refractivity contribution in [3.63, 3.8) is 0 Å². The smallest absolute Gasteiger partial charge is 0.0110 e. The van der Waals surface area contributed by atoms with Crippen molar-refractivity contribution in [3.8, 4) is 0 Å². The topological polar surface area (TPSA) is 9.72 Å². The molecule has 18 heavy (non-hydrogen) atoms. The minimum Gasteiger partial charge on any atom is -0.306 e. The quantitative estimate of drug-likeness (QED) is 0.747. The SMILES string of the molecule is CCC.CN1CCC(CN2CCN(C)CC2)CC1. The Balaban J connectivity index is 0.000000492. The van der Waals surface area contributed by atoms with Crippen LogP contribution in [0.1, 0.15) is 33.1 Å². The van der Waals surface area contributed by atoms with Crippen molar-refractivity contribution >= 4 is 0 Å². The van der Waals surface area contributed by atoms with Crippen LogP contribution in [-0.2, 0) is 0 Å². The minimum absolute atomic E-state index is 0.963. The fourth-order valence-corrected chi connectivity index (χ4v) is 2.64. The van der Waals surface area contributed by atoms with Crippen molar-refractivity contribution in [2.45, 2.75) is 33.1 Å². The average Bonchev–Trinajstić information content (AvgIpc) is 2.36. The lowest BCUT2D eigenvalue weighted by Gasteiger charge is -2.37. The molecule has 0 aromatic carbocycles. The molecule has 2 fully saturated rings. The van der Waals surface area contributed by atoms with E-state index in [1.807, 2.05) is 0 Å². The molecule has 3 nitrogen and oxygen atoms in total. The molecule has 0 aromatic rings. The first-order valence-electron chi connectivity index (χ1n) is 7.75. The summed E-state index contributed by atoms with van der Waals surface area (Å²) in [6, 6.07) is 0. The predicted octanol–water partition coefficient (Wildman–Crippen LogP) is 1.99. The molecule has 0 bridgehead atoms. The Morgan fingerprint density at radius 2 is 1.22 bits per heavy atom. The van der Waals surface area contributed by atoms with E-state index in [1.165, 1.54) is 65.1 Å². The maximum Gasteiger partial charge on any atom is 0.0110 e. The van der Waals surface area contributed by atoms with E-state index >= 15 is 0 Å². The zero-order chi connectivity index (χ0) is 13.4. The van der Waals surface area contributed by atoms with Gasteiger partial charge in [0.2, 0.25) is 0 Å². The number of likely N-dealkylation sites (tertiary alicyclic amines) is 1. The number of piperazine rings is 1. The number of likely N-dealkylation sites (N-methyl/N-ethyl adjacent to an activating group) is 1. The summed E-state index contributed by atoms with van der Waals surface area (Å²) >= 11 is 0. The molecule has 2 aliphatic heterocycles. The van der Waals surface area contributed by atoms with Gasteiger partial charge in [0.25, 0.3) is 0 Å². The largest absolute Gasteiger partial charge is 0.306 e. The van der Waals surface area contributed by atoms with Gasteiger partial charge >= 0.3 is 0 Å². The van der Waals surface area contributed by atoms with Gasteiger partial charge in [0, 0.05) is 32.7 Å². The van der Waals surface area contributed by atoms with Crippen LogP contribution in [0.2, 0.25) is 0 Å². The molecule has 0 spiro atoms. The fraction of sp³-hybridized carbons (Fsp3) is 1.00. The van der Waals surface area contributed by atoms with Gasteiger partial charge in [0.1, 0.15) is 0 Å². The molecule has 3 heteroatoms. The summed E-state index contributed by atoms with van der Waals surface area (Å²) in [5, 5.41) is 0. The Morgan fingerprint density at radius 3 is 1.72 bits per heavy atom. The van der Waals surface area contributed by atoms with E-state index in [0.717, 1.165) is 5.92 Å². The third-order valence-corrected chi connectivity index (χ3v) is 3.95. The van der Waals surface area contributed by atoms with E-state index in [0.29, 0.717) is 0 Å². The number of rotatable bonds is 2. The van der Waals surface area contributed by atoms with Crippen LogP contribution in [0.25, 0.3) is 0 Å². The first-order chi connectivity index (χ1) is 8.65. The zero-order valence-electron chi connectivity index (χ0n) is 13.0. The molecular formula is C15H33N3. The summed E-state index contributed by atoms with van der Waals surface area (Å²) in [7, 11) is 4.47. The Morgan fingerprint density at radius 1 is 0.778 bits per heavy atom. The first kappa shape index (κ1) is 15.9. The summed E-state index contributed by atoms with van der Waals surface area (Å²) < 4.78 is 0. The monoisotopic (exact) mass is 255 g/mol. The fourth-order valence-electron chi connectivity index (χ4n) is 2.64. The molecule has 0 unspecified atom stereocenters. The highest BCUT2D eigenvalue weighted by atomic mass is 15.2. The van der Waals surface area contributed by atoms with Gasteiger partial charge in [-0.2, -0.15) is 0 Å². The molecule has 0 atom stereocenters. The summed E-state index contributed by atoms with van der Waals surface area (Å²) in [4.78, 5) is 7.56.